The fraction of sp³-hybridized carbons (Fsp3) is 0.222. The van der Waals surface area contributed by atoms with Gasteiger partial charge in [0.1, 0.15) is 17.1 Å². The molecule has 0 aliphatic carbocycles. The lowest BCUT2D eigenvalue weighted by Crippen LogP contribution is -2.20. The predicted molar refractivity (Wildman–Crippen MR) is 106 cm³/mol. The van der Waals surface area contributed by atoms with E-state index < -0.39 is 38.8 Å². The van der Waals surface area contributed by atoms with Crippen molar-refractivity contribution in [3.63, 3.8) is 0 Å². The number of benzene rings is 1. The van der Waals surface area contributed by atoms with Gasteiger partial charge in [-0.25, -0.2) is 22.2 Å². The summed E-state index contributed by atoms with van der Waals surface area (Å²) in [7, 11) is -3.85. The summed E-state index contributed by atoms with van der Waals surface area (Å²) in [6.45, 7) is 2.93. The van der Waals surface area contributed by atoms with Crippen molar-refractivity contribution in [1.82, 2.24) is 15.2 Å². The van der Waals surface area contributed by atoms with E-state index in [1.165, 1.54) is 19.2 Å². The van der Waals surface area contributed by atoms with Crippen LogP contribution < -0.4 is 10.0 Å². The van der Waals surface area contributed by atoms with Crippen LogP contribution in [0.1, 0.15) is 41.1 Å². The lowest BCUT2D eigenvalue weighted by molar-refractivity contribution is 0.100. The van der Waals surface area contributed by atoms with Gasteiger partial charge in [-0.1, -0.05) is 6.92 Å². The maximum atomic E-state index is 14.7. The monoisotopic (exact) mass is 437 g/mol. The Hall–Kier alpha value is -3.41. The van der Waals surface area contributed by atoms with Crippen molar-refractivity contribution in [2.75, 3.05) is 15.8 Å². The topological polar surface area (TPSA) is 134 Å². The highest BCUT2D eigenvalue weighted by atomic mass is 32.2. The summed E-state index contributed by atoms with van der Waals surface area (Å²) in [4.78, 5) is 28.1. The minimum absolute atomic E-state index is 0.0622. The number of Topliss-reactive ketones (excluding diaryl/α,β-unsaturated/α-hetero) is 1. The highest BCUT2D eigenvalue weighted by Gasteiger charge is 2.23. The fourth-order valence-electron chi connectivity index (χ4n) is 2.76. The van der Waals surface area contributed by atoms with Gasteiger partial charge in [0.25, 0.3) is 5.91 Å². The van der Waals surface area contributed by atoms with Crippen molar-refractivity contribution in [2.45, 2.75) is 20.3 Å². The first-order valence-electron chi connectivity index (χ1n) is 8.78. The average molecular weight is 437 g/mol. The summed E-state index contributed by atoms with van der Waals surface area (Å²) < 4.78 is 54.7. The third kappa shape index (κ3) is 4.27. The highest BCUT2D eigenvalue weighted by molar-refractivity contribution is 7.92. The van der Waals surface area contributed by atoms with Gasteiger partial charge in [-0.05, 0) is 24.6 Å². The van der Waals surface area contributed by atoms with Crippen molar-refractivity contribution in [3.05, 3.63) is 47.3 Å². The second kappa shape index (κ2) is 8.14. The van der Waals surface area contributed by atoms with Crippen molar-refractivity contribution < 1.29 is 26.8 Å². The van der Waals surface area contributed by atoms with E-state index >= 15 is 0 Å². The minimum Gasteiger partial charge on any atom is -0.320 e. The van der Waals surface area contributed by atoms with Gasteiger partial charge in [0, 0.05) is 6.92 Å². The molecule has 2 heterocycles. The Morgan fingerprint density at radius 2 is 1.97 bits per heavy atom. The minimum atomic E-state index is -3.85. The number of carbonyl (C=O) groups excluding carboxylic acids is 2. The first kappa shape index (κ1) is 21.3. The molecule has 0 fully saturated rings. The SMILES string of the molecule is CCCS(=O)(=O)Nc1ccc(F)c(C(=O)Nc2cnc3[nH]nc(C(C)=O)c3c2)c1F. The lowest BCUT2D eigenvalue weighted by Gasteiger charge is -2.12. The Labute approximate surface area is 169 Å². The summed E-state index contributed by atoms with van der Waals surface area (Å²) >= 11 is 0. The highest BCUT2D eigenvalue weighted by Crippen LogP contribution is 2.24. The van der Waals surface area contributed by atoms with E-state index in [0.717, 1.165) is 12.1 Å². The Balaban J connectivity index is 1.93. The van der Waals surface area contributed by atoms with Crippen molar-refractivity contribution >= 4 is 44.1 Å². The van der Waals surface area contributed by atoms with Crippen LogP contribution in [-0.2, 0) is 10.0 Å². The predicted octanol–water partition coefficient (Wildman–Crippen LogP) is 2.84. The number of amides is 1. The molecule has 1 aromatic carbocycles. The van der Waals surface area contributed by atoms with Crippen LogP contribution >= 0.6 is 0 Å². The number of hydrogen-bond donors (Lipinski definition) is 3. The number of aromatic nitrogens is 3. The van der Waals surface area contributed by atoms with Gasteiger partial charge in [0.15, 0.2) is 17.2 Å². The molecule has 0 unspecified atom stereocenters. The van der Waals surface area contributed by atoms with Gasteiger partial charge in [-0.3, -0.25) is 19.4 Å². The molecule has 0 atom stereocenters. The number of anilines is 2. The number of hydrogen-bond acceptors (Lipinski definition) is 6. The van der Waals surface area contributed by atoms with Crippen LogP contribution in [0.2, 0.25) is 0 Å². The van der Waals surface area contributed by atoms with Crippen LogP contribution in [0.4, 0.5) is 20.2 Å². The van der Waals surface area contributed by atoms with E-state index in [1.807, 2.05) is 4.72 Å². The second-order valence-electron chi connectivity index (χ2n) is 6.41. The van der Waals surface area contributed by atoms with E-state index in [2.05, 4.69) is 20.5 Å². The number of aromatic amines is 1. The van der Waals surface area contributed by atoms with Crippen LogP contribution in [0.15, 0.2) is 24.4 Å². The van der Waals surface area contributed by atoms with Crippen molar-refractivity contribution in [1.29, 1.82) is 0 Å². The maximum Gasteiger partial charge on any atom is 0.261 e. The molecule has 30 heavy (non-hydrogen) atoms. The maximum absolute atomic E-state index is 14.7. The molecule has 1 amide bonds. The average Bonchev–Trinajstić information content (AvgIpc) is 3.07. The van der Waals surface area contributed by atoms with Crippen LogP contribution in [0.25, 0.3) is 11.0 Å². The third-order valence-electron chi connectivity index (χ3n) is 4.06. The molecule has 0 bridgehead atoms. The van der Waals surface area contributed by atoms with Gasteiger partial charge in [0.2, 0.25) is 10.0 Å². The molecular weight excluding hydrogens is 420 g/mol. The molecule has 9 nitrogen and oxygen atoms in total. The number of H-pyrrole nitrogens is 1. The van der Waals surface area contributed by atoms with Gasteiger partial charge in [0.05, 0.1) is 28.7 Å². The Morgan fingerprint density at radius 3 is 2.63 bits per heavy atom. The number of nitrogens with zero attached hydrogens (tertiary/aromatic N) is 2. The van der Waals surface area contributed by atoms with Crippen molar-refractivity contribution in [2.24, 2.45) is 0 Å². The zero-order valence-corrected chi connectivity index (χ0v) is 16.7. The number of sulfonamides is 1. The van der Waals surface area contributed by atoms with Crippen LogP contribution in [0, 0.1) is 11.6 Å². The number of carbonyl (C=O) groups is 2. The molecule has 0 saturated carbocycles. The lowest BCUT2D eigenvalue weighted by atomic mass is 10.1. The number of pyridine rings is 1. The normalized spacial score (nSPS) is 11.5. The van der Waals surface area contributed by atoms with Gasteiger partial charge in [-0.15, -0.1) is 0 Å². The smallest absolute Gasteiger partial charge is 0.261 e. The summed E-state index contributed by atoms with van der Waals surface area (Å²) in [5.41, 5.74) is -1.06. The molecule has 3 rings (SSSR count). The molecular formula is C18H17F2N5O4S. The first-order chi connectivity index (χ1) is 14.1. The Morgan fingerprint density at radius 1 is 1.23 bits per heavy atom. The number of rotatable bonds is 7. The summed E-state index contributed by atoms with van der Waals surface area (Å²) in [5, 5.41) is 9.00. The first-order valence-corrected chi connectivity index (χ1v) is 10.4. The summed E-state index contributed by atoms with van der Waals surface area (Å²) in [6, 6.07) is 3.06. The molecule has 2 aromatic heterocycles. The molecule has 3 N–H and O–H groups in total. The number of fused-ring (bicyclic) bond motifs is 1. The zero-order chi connectivity index (χ0) is 22.1. The molecule has 12 heteroatoms. The second-order valence-corrected chi connectivity index (χ2v) is 8.25. The van der Waals surface area contributed by atoms with Gasteiger partial charge in [-0.2, -0.15) is 5.10 Å². The zero-order valence-electron chi connectivity index (χ0n) is 15.9. The molecule has 158 valence electrons. The fourth-order valence-corrected chi connectivity index (χ4v) is 3.89. The van der Waals surface area contributed by atoms with Crippen molar-refractivity contribution in [3.8, 4) is 0 Å². The van der Waals surface area contributed by atoms with E-state index in [0.29, 0.717) is 11.0 Å². The quantitative estimate of drug-likeness (QED) is 0.487. The van der Waals surface area contributed by atoms with E-state index in [1.54, 1.807) is 6.92 Å². The molecule has 0 spiro atoms. The Bertz CT molecular complexity index is 1260. The summed E-state index contributed by atoms with van der Waals surface area (Å²) in [6.07, 6.45) is 1.50. The number of nitrogens with one attached hydrogen (secondary N) is 3. The molecule has 0 aliphatic rings. The number of ketones is 1. The summed E-state index contributed by atoms with van der Waals surface area (Å²) in [5.74, 6) is -4.29. The van der Waals surface area contributed by atoms with Gasteiger partial charge >= 0.3 is 0 Å². The van der Waals surface area contributed by atoms with E-state index in [4.69, 9.17) is 0 Å². The third-order valence-corrected chi connectivity index (χ3v) is 5.54. The molecule has 0 radical (unpaired) electrons. The van der Waals surface area contributed by atoms with E-state index in [-0.39, 0.29) is 29.3 Å². The van der Waals surface area contributed by atoms with Crippen LogP contribution in [0.5, 0.6) is 0 Å². The Kier molecular flexibility index (Phi) is 5.78. The molecule has 0 saturated heterocycles. The molecule has 0 aliphatic heterocycles. The number of halogens is 2. The molecule has 3 aromatic rings. The van der Waals surface area contributed by atoms with Gasteiger partial charge < -0.3 is 5.32 Å². The van der Waals surface area contributed by atoms with Crippen LogP contribution in [0.3, 0.4) is 0 Å². The van der Waals surface area contributed by atoms with Crippen LogP contribution in [-0.4, -0.2) is 41.0 Å². The standard InChI is InChI=1S/C18H17F2N5O4S/c1-3-6-30(28,29)25-13-5-4-12(19)14(15(13)20)18(27)22-10-7-11-16(9(2)26)23-24-17(11)21-8-10/h4-5,7-8,25H,3,6H2,1-2H3,(H,22,27)(H,21,23,24). The van der Waals surface area contributed by atoms with E-state index in [9.17, 15) is 26.8 Å². The largest absolute Gasteiger partial charge is 0.320 e.